The highest BCUT2D eigenvalue weighted by molar-refractivity contribution is 7.89. The predicted octanol–water partition coefficient (Wildman–Crippen LogP) is 3.16. The maximum Gasteiger partial charge on any atom is 0.243 e. The average molecular weight is 418 g/mol. The van der Waals surface area contributed by atoms with Gasteiger partial charge in [-0.3, -0.25) is 0 Å². The van der Waals surface area contributed by atoms with Gasteiger partial charge in [0.05, 0.1) is 4.90 Å². The number of piperazine rings is 1. The molecule has 1 aliphatic rings. The number of sulfonamides is 1. The highest BCUT2D eigenvalue weighted by Gasteiger charge is 2.30. The number of anilines is 2. The Balaban J connectivity index is 1.78. The van der Waals surface area contributed by atoms with Crippen molar-refractivity contribution >= 4 is 21.8 Å². The van der Waals surface area contributed by atoms with Crippen LogP contribution in [0.4, 0.5) is 11.8 Å². The fraction of sp³-hybridized carbons (Fsp3) is 0.524. The second-order valence-corrected chi connectivity index (χ2v) is 9.70. The number of rotatable bonds is 6. The van der Waals surface area contributed by atoms with Crippen molar-refractivity contribution in [1.82, 2.24) is 14.3 Å². The minimum absolute atomic E-state index is 0.285. The lowest BCUT2D eigenvalue weighted by Crippen LogP contribution is -2.49. The second kappa shape index (κ2) is 8.67. The van der Waals surface area contributed by atoms with Gasteiger partial charge in [-0.05, 0) is 43.9 Å². The van der Waals surface area contributed by atoms with Gasteiger partial charge >= 0.3 is 0 Å². The van der Waals surface area contributed by atoms with Crippen LogP contribution in [-0.2, 0) is 10.0 Å². The van der Waals surface area contributed by atoms with Gasteiger partial charge in [-0.1, -0.05) is 26.0 Å². The van der Waals surface area contributed by atoms with Gasteiger partial charge in [-0.25, -0.2) is 13.4 Å². The molecule has 3 rings (SSSR count). The molecule has 0 atom stereocenters. The van der Waals surface area contributed by atoms with Gasteiger partial charge in [-0.15, -0.1) is 0 Å². The van der Waals surface area contributed by atoms with E-state index in [1.54, 1.807) is 4.31 Å². The molecule has 8 heteroatoms. The number of nitrogens with zero attached hydrogens (tertiary/aromatic N) is 4. The Morgan fingerprint density at radius 3 is 2.38 bits per heavy atom. The monoisotopic (exact) mass is 417 g/mol. The summed E-state index contributed by atoms with van der Waals surface area (Å²) in [6, 6.07) is 7.69. The Bertz CT molecular complexity index is 967. The molecular weight excluding hydrogens is 386 g/mol. The number of hydrogen-bond donors (Lipinski definition) is 1. The zero-order chi connectivity index (χ0) is 21.2. The van der Waals surface area contributed by atoms with E-state index in [-0.39, 0.29) is 5.92 Å². The minimum atomic E-state index is -3.52. The summed E-state index contributed by atoms with van der Waals surface area (Å²) < 4.78 is 28.2. The Hall–Kier alpha value is -2.19. The van der Waals surface area contributed by atoms with Gasteiger partial charge < -0.3 is 10.2 Å². The summed E-state index contributed by atoms with van der Waals surface area (Å²) in [7, 11) is -3.52. The molecule has 0 saturated carbocycles. The van der Waals surface area contributed by atoms with Gasteiger partial charge in [0.1, 0.15) is 5.82 Å². The molecule has 1 aliphatic heterocycles. The third kappa shape index (κ3) is 4.70. The first kappa shape index (κ1) is 21.5. The van der Waals surface area contributed by atoms with Crippen LogP contribution in [0, 0.1) is 13.8 Å². The van der Waals surface area contributed by atoms with Gasteiger partial charge in [0, 0.05) is 44.5 Å². The van der Waals surface area contributed by atoms with Crippen LogP contribution >= 0.6 is 0 Å². The number of hydrogen-bond acceptors (Lipinski definition) is 6. The predicted molar refractivity (Wildman–Crippen MR) is 117 cm³/mol. The molecule has 1 aromatic heterocycles. The topological polar surface area (TPSA) is 78.4 Å². The zero-order valence-corrected chi connectivity index (χ0v) is 18.8. The Morgan fingerprint density at radius 2 is 1.76 bits per heavy atom. The molecule has 7 nitrogen and oxygen atoms in total. The fourth-order valence-corrected chi connectivity index (χ4v) is 5.18. The lowest BCUT2D eigenvalue weighted by molar-refractivity contribution is 0.383. The third-order valence-electron chi connectivity index (χ3n) is 5.23. The molecule has 29 heavy (non-hydrogen) atoms. The molecule has 2 heterocycles. The largest absolute Gasteiger partial charge is 0.354 e. The smallest absolute Gasteiger partial charge is 0.243 e. The van der Waals surface area contributed by atoms with Crippen LogP contribution in [0.5, 0.6) is 0 Å². The Kier molecular flexibility index (Phi) is 6.43. The summed E-state index contributed by atoms with van der Waals surface area (Å²) in [5.41, 5.74) is 2.72. The summed E-state index contributed by atoms with van der Waals surface area (Å²) in [5, 5.41) is 3.15. The van der Waals surface area contributed by atoms with Crippen molar-refractivity contribution in [3.63, 3.8) is 0 Å². The zero-order valence-electron chi connectivity index (χ0n) is 17.9. The van der Waals surface area contributed by atoms with Crippen LogP contribution in [0.25, 0.3) is 0 Å². The molecule has 0 bridgehead atoms. The van der Waals surface area contributed by atoms with E-state index in [4.69, 9.17) is 0 Å². The van der Waals surface area contributed by atoms with Crippen molar-refractivity contribution < 1.29 is 8.42 Å². The second-order valence-electron chi connectivity index (χ2n) is 7.79. The van der Waals surface area contributed by atoms with Gasteiger partial charge in [0.2, 0.25) is 16.0 Å². The Morgan fingerprint density at radius 1 is 1.07 bits per heavy atom. The van der Waals surface area contributed by atoms with Crippen molar-refractivity contribution in [3.8, 4) is 0 Å². The van der Waals surface area contributed by atoms with Gasteiger partial charge in [0.15, 0.2) is 0 Å². The molecular formula is C21H31N5O2S. The molecule has 0 unspecified atom stereocenters. The van der Waals surface area contributed by atoms with Crippen LogP contribution in [0.1, 0.15) is 43.5 Å². The van der Waals surface area contributed by atoms with E-state index in [9.17, 15) is 8.42 Å². The third-order valence-corrected chi connectivity index (χ3v) is 7.28. The minimum Gasteiger partial charge on any atom is -0.354 e. The molecule has 0 amide bonds. The normalized spacial score (nSPS) is 15.7. The van der Waals surface area contributed by atoms with E-state index in [0.717, 1.165) is 29.2 Å². The molecule has 0 radical (unpaired) electrons. The van der Waals surface area contributed by atoms with Gasteiger partial charge in [-0.2, -0.15) is 9.29 Å². The van der Waals surface area contributed by atoms with E-state index >= 15 is 0 Å². The molecule has 2 aromatic rings. The maximum atomic E-state index is 13.3. The van der Waals surface area contributed by atoms with Crippen molar-refractivity contribution in [1.29, 1.82) is 0 Å². The highest BCUT2D eigenvalue weighted by atomic mass is 32.2. The first-order valence-electron chi connectivity index (χ1n) is 10.2. The highest BCUT2D eigenvalue weighted by Crippen LogP contribution is 2.26. The summed E-state index contributed by atoms with van der Waals surface area (Å²) in [6.45, 7) is 12.8. The van der Waals surface area contributed by atoms with Crippen LogP contribution in [-0.4, -0.2) is 55.4 Å². The maximum absolute atomic E-state index is 13.3. The summed E-state index contributed by atoms with van der Waals surface area (Å²) in [5.74, 6) is 1.73. The van der Waals surface area contributed by atoms with E-state index in [2.05, 4.69) is 34.0 Å². The number of benzene rings is 1. The number of nitrogens with one attached hydrogen (secondary N) is 1. The summed E-state index contributed by atoms with van der Waals surface area (Å²) in [4.78, 5) is 11.5. The molecule has 0 spiro atoms. The lowest BCUT2D eigenvalue weighted by Gasteiger charge is -2.35. The molecule has 0 aliphatic carbocycles. The van der Waals surface area contributed by atoms with Crippen LogP contribution in [0.3, 0.4) is 0 Å². The van der Waals surface area contributed by atoms with Crippen molar-refractivity contribution in [3.05, 3.63) is 41.1 Å². The fourth-order valence-electron chi connectivity index (χ4n) is 3.50. The van der Waals surface area contributed by atoms with E-state index in [0.29, 0.717) is 37.0 Å². The van der Waals surface area contributed by atoms with Crippen LogP contribution in [0.2, 0.25) is 0 Å². The molecule has 1 fully saturated rings. The lowest BCUT2D eigenvalue weighted by atomic mass is 10.0. The molecule has 1 N–H and O–H groups in total. The van der Waals surface area contributed by atoms with Crippen molar-refractivity contribution in [2.24, 2.45) is 0 Å². The number of aromatic nitrogens is 2. The summed E-state index contributed by atoms with van der Waals surface area (Å²) in [6.07, 6.45) is 0. The SMILES string of the molecule is CCNc1nc(C)cc(N2CCN(S(=O)(=O)c3cc(C(C)C)ccc3C)CC2)n1. The van der Waals surface area contributed by atoms with Crippen molar-refractivity contribution in [2.75, 3.05) is 42.9 Å². The molecule has 158 valence electrons. The number of aryl methyl sites for hydroxylation is 2. The molecule has 1 saturated heterocycles. The molecule has 1 aromatic carbocycles. The first-order valence-corrected chi connectivity index (χ1v) is 11.6. The summed E-state index contributed by atoms with van der Waals surface area (Å²) >= 11 is 0. The van der Waals surface area contributed by atoms with Gasteiger partial charge in [0.25, 0.3) is 0 Å². The van der Waals surface area contributed by atoms with Crippen molar-refractivity contribution in [2.45, 2.75) is 45.4 Å². The van der Waals surface area contributed by atoms with Crippen LogP contribution < -0.4 is 10.2 Å². The average Bonchev–Trinajstić information content (AvgIpc) is 2.68. The van der Waals surface area contributed by atoms with Crippen LogP contribution in [0.15, 0.2) is 29.2 Å². The van der Waals surface area contributed by atoms with E-state index < -0.39 is 10.0 Å². The Labute approximate surface area is 174 Å². The first-order chi connectivity index (χ1) is 13.7. The quantitative estimate of drug-likeness (QED) is 0.778. The van der Waals surface area contributed by atoms with E-state index in [1.807, 2.05) is 45.0 Å². The van der Waals surface area contributed by atoms with E-state index in [1.165, 1.54) is 0 Å². The standard InChI is InChI=1S/C21H31N5O2S/c1-6-22-21-23-17(5)13-20(24-21)25-9-11-26(12-10-25)29(27,28)19-14-18(15(2)3)8-7-16(19)4/h7-8,13-15H,6,9-12H2,1-5H3,(H,22,23,24).